The topological polar surface area (TPSA) is 92.7 Å². The summed E-state index contributed by atoms with van der Waals surface area (Å²) in [5.74, 6) is -0.169. The summed E-state index contributed by atoms with van der Waals surface area (Å²) in [7, 11) is -3.71. The molecule has 2 rings (SSSR count). The zero-order chi connectivity index (χ0) is 18.7. The number of benzene rings is 2. The standard InChI is InChI=1S/C17H18ClNO5S/c1-17(2,16(20)19-21)11-25(22,23)15-9-7-14(8-10-15)24-13-5-3-12(18)4-6-13/h3-10,21H,11H2,1-2H3,(H,19,20). The maximum atomic E-state index is 12.5. The Kier molecular flexibility index (Phi) is 5.72. The monoisotopic (exact) mass is 383 g/mol. The van der Waals surface area contributed by atoms with E-state index in [0.29, 0.717) is 16.5 Å². The van der Waals surface area contributed by atoms with Gasteiger partial charge in [-0.2, -0.15) is 0 Å². The second-order valence-electron chi connectivity index (χ2n) is 6.11. The third kappa shape index (κ3) is 4.94. The van der Waals surface area contributed by atoms with E-state index in [-0.39, 0.29) is 4.90 Å². The highest BCUT2D eigenvalue weighted by atomic mass is 35.5. The average molecular weight is 384 g/mol. The molecule has 6 nitrogen and oxygen atoms in total. The second-order valence-corrected chi connectivity index (χ2v) is 8.54. The molecule has 0 heterocycles. The van der Waals surface area contributed by atoms with Crippen LogP contribution < -0.4 is 10.2 Å². The van der Waals surface area contributed by atoms with Gasteiger partial charge in [-0.25, -0.2) is 13.9 Å². The zero-order valence-electron chi connectivity index (χ0n) is 13.7. The van der Waals surface area contributed by atoms with Crippen molar-refractivity contribution in [1.29, 1.82) is 0 Å². The molecule has 0 atom stereocenters. The molecule has 0 saturated carbocycles. The molecule has 0 fully saturated rings. The molecule has 0 aliphatic carbocycles. The van der Waals surface area contributed by atoms with E-state index >= 15 is 0 Å². The lowest BCUT2D eigenvalue weighted by Crippen LogP contribution is -2.40. The first kappa shape index (κ1) is 19.2. The molecule has 0 spiro atoms. The minimum atomic E-state index is -3.71. The summed E-state index contributed by atoms with van der Waals surface area (Å²) in [5.41, 5.74) is 0.215. The Morgan fingerprint density at radius 1 is 1.08 bits per heavy atom. The quantitative estimate of drug-likeness (QED) is 0.588. The van der Waals surface area contributed by atoms with Gasteiger partial charge in [0.2, 0.25) is 5.91 Å². The fourth-order valence-corrected chi connectivity index (χ4v) is 4.05. The predicted octanol–water partition coefficient (Wildman–Crippen LogP) is 3.44. The third-order valence-electron chi connectivity index (χ3n) is 3.50. The molecule has 0 radical (unpaired) electrons. The van der Waals surface area contributed by atoms with E-state index in [0.717, 1.165) is 0 Å². The first-order valence-electron chi connectivity index (χ1n) is 7.35. The molecule has 0 bridgehead atoms. The Hall–Kier alpha value is -2.09. The lowest BCUT2D eigenvalue weighted by molar-refractivity contribution is -0.136. The lowest BCUT2D eigenvalue weighted by atomic mass is 9.96. The summed E-state index contributed by atoms with van der Waals surface area (Å²) in [6.45, 7) is 2.88. The number of carbonyl (C=O) groups is 1. The molecule has 2 aromatic carbocycles. The van der Waals surface area contributed by atoms with Crippen LogP contribution in [0.5, 0.6) is 11.5 Å². The summed E-state index contributed by atoms with van der Waals surface area (Å²) in [5, 5.41) is 9.30. The van der Waals surface area contributed by atoms with Crippen molar-refractivity contribution in [2.24, 2.45) is 5.41 Å². The molecular weight excluding hydrogens is 366 g/mol. The molecule has 1 amide bonds. The van der Waals surface area contributed by atoms with Crippen LogP contribution in [0.2, 0.25) is 5.02 Å². The molecule has 0 aliphatic heterocycles. The van der Waals surface area contributed by atoms with Crippen molar-refractivity contribution in [3.05, 3.63) is 53.6 Å². The smallest absolute Gasteiger partial charge is 0.250 e. The number of carbonyl (C=O) groups excluding carboxylic acids is 1. The van der Waals surface area contributed by atoms with Gasteiger partial charge in [0, 0.05) is 5.02 Å². The molecule has 8 heteroatoms. The van der Waals surface area contributed by atoms with Crippen LogP contribution >= 0.6 is 11.6 Å². The summed E-state index contributed by atoms with van der Waals surface area (Å²) in [6, 6.07) is 12.6. The van der Waals surface area contributed by atoms with Crippen LogP contribution in [0, 0.1) is 5.41 Å². The van der Waals surface area contributed by atoms with Gasteiger partial charge in [-0.1, -0.05) is 11.6 Å². The van der Waals surface area contributed by atoms with E-state index in [1.54, 1.807) is 24.3 Å². The molecule has 0 aliphatic rings. The molecule has 0 saturated heterocycles. The van der Waals surface area contributed by atoms with Crippen molar-refractivity contribution in [1.82, 2.24) is 5.48 Å². The molecule has 25 heavy (non-hydrogen) atoms. The lowest BCUT2D eigenvalue weighted by Gasteiger charge is -2.21. The first-order valence-corrected chi connectivity index (χ1v) is 9.38. The Morgan fingerprint density at radius 2 is 1.56 bits per heavy atom. The Bertz CT molecular complexity index is 846. The van der Waals surface area contributed by atoms with Crippen LogP contribution in [-0.2, 0) is 14.6 Å². The van der Waals surface area contributed by atoms with Gasteiger partial charge in [-0.05, 0) is 62.4 Å². The van der Waals surface area contributed by atoms with Gasteiger partial charge in [-0.15, -0.1) is 0 Å². The Morgan fingerprint density at radius 3 is 2.04 bits per heavy atom. The first-order chi connectivity index (χ1) is 11.6. The molecule has 0 unspecified atom stereocenters. The highest BCUT2D eigenvalue weighted by Gasteiger charge is 2.34. The Balaban J connectivity index is 2.15. The highest BCUT2D eigenvalue weighted by molar-refractivity contribution is 7.91. The van der Waals surface area contributed by atoms with Crippen LogP contribution in [-0.4, -0.2) is 25.3 Å². The number of amides is 1. The fraction of sp³-hybridized carbons (Fsp3) is 0.235. The normalized spacial score (nSPS) is 11.8. The van der Waals surface area contributed by atoms with Gasteiger partial charge in [-0.3, -0.25) is 10.0 Å². The fourth-order valence-electron chi connectivity index (χ4n) is 2.13. The third-order valence-corrected chi connectivity index (χ3v) is 5.84. The van der Waals surface area contributed by atoms with Crippen LogP contribution in [0.25, 0.3) is 0 Å². The van der Waals surface area contributed by atoms with Crippen molar-refractivity contribution in [2.45, 2.75) is 18.7 Å². The average Bonchev–Trinajstić information content (AvgIpc) is 2.55. The summed E-state index contributed by atoms with van der Waals surface area (Å²) in [4.78, 5) is 11.6. The number of ether oxygens (including phenoxy) is 1. The minimum absolute atomic E-state index is 0.0646. The van der Waals surface area contributed by atoms with Crippen molar-refractivity contribution < 1.29 is 23.2 Å². The number of hydrogen-bond acceptors (Lipinski definition) is 5. The highest BCUT2D eigenvalue weighted by Crippen LogP contribution is 2.27. The zero-order valence-corrected chi connectivity index (χ0v) is 15.3. The maximum Gasteiger partial charge on any atom is 0.250 e. The van der Waals surface area contributed by atoms with Crippen LogP contribution in [0.1, 0.15) is 13.8 Å². The Labute approximate surface area is 151 Å². The number of sulfone groups is 1. The van der Waals surface area contributed by atoms with Crippen molar-refractivity contribution >= 4 is 27.3 Å². The van der Waals surface area contributed by atoms with E-state index in [4.69, 9.17) is 21.5 Å². The van der Waals surface area contributed by atoms with Gasteiger partial charge in [0.15, 0.2) is 9.84 Å². The van der Waals surface area contributed by atoms with E-state index in [1.807, 2.05) is 0 Å². The number of halogens is 1. The number of hydrogen-bond donors (Lipinski definition) is 2. The van der Waals surface area contributed by atoms with Gasteiger partial charge < -0.3 is 4.74 Å². The van der Waals surface area contributed by atoms with Crippen molar-refractivity contribution in [3.63, 3.8) is 0 Å². The molecule has 134 valence electrons. The van der Waals surface area contributed by atoms with Crippen molar-refractivity contribution in [3.8, 4) is 11.5 Å². The predicted molar refractivity (Wildman–Crippen MR) is 93.7 cm³/mol. The van der Waals surface area contributed by atoms with Gasteiger partial charge in [0.05, 0.1) is 16.1 Å². The van der Waals surface area contributed by atoms with E-state index in [9.17, 15) is 13.2 Å². The molecular formula is C17H18ClNO5S. The molecule has 2 N–H and O–H groups in total. The summed E-state index contributed by atoms with van der Waals surface area (Å²) in [6.07, 6.45) is 0. The van der Waals surface area contributed by atoms with Gasteiger partial charge in [0.25, 0.3) is 0 Å². The van der Waals surface area contributed by atoms with E-state index in [2.05, 4.69) is 0 Å². The maximum absolute atomic E-state index is 12.5. The van der Waals surface area contributed by atoms with Gasteiger partial charge in [0.1, 0.15) is 11.5 Å². The minimum Gasteiger partial charge on any atom is -0.457 e. The van der Waals surface area contributed by atoms with Crippen LogP contribution in [0.4, 0.5) is 0 Å². The summed E-state index contributed by atoms with van der Waals surface area (Å²) >= 11 is 5.80. The number of nitrogens with one attached hydrogen (secondary N) is 1. The molecule has 2 aromatic rings. The number of hydroxylamine groups is 1. The van der Waals surface area contributed by atoms with Crippen LogP contribution in [0.3, 0.4) is 0 Å². The van der Waals surface area contributed by atoms with Crippen LogP contribution in [0.15, 0.2) is 53.4 Å². The second kappa shape index (κ2) is 7.43. The largest absolute Gasteiger partial charge is 0.457 e. The summed E-state index contributed by atoms with van der Waals surface area (Å²) < 4.78 is 30.5. The van der Waals surface area contributed by atoms with E-state index in [1.165, 1.54) is 43.6 Å². The SMILES string of the molecule is CC(C)(CS(=O)(=O)c1ccc(Oc2ccc(Cl)cc2)cc1)C(=O)NO. The van der Waals surface area contributed by atoms with E-state index < -0.39 is 26.9 Å². The van der Waals surface area contributed by atoms with Crippen molar-refractivity contribution in [2.75, 3.05) is 5.75 Å². The van der Waals surface area contributed by atoms with Gasteiger partial charge >= 0.3 is 0 Å². The number of rotatable bonds is 6. The molecule has 0 aromatic heterocycles.